The van der Waals surface area contributed by atoms with Gasteiger partial charge < -0.3 is 24.1 Å². The Bertz CT molecular complexity index is 1210. The van der Waals surface area contributed by atoms with E-state index >= 15 is 0 Å². The van der Waals surface area contributed by atoms with Gasteiger partial charge >= 0.3 is 0 Å². The van der Waals surface area contributed by atoms with Crippen molar-refractivity contribution >= 4 is 33.8 Å². The molecule has 0 bridgehead atoms. The van der Waals surface area contributed by atoms with Gasteiger partial charge in [0, 0.05) is 36.0 Å². The molecule has 8 heteroatoms. The zero-order valence-corrected chi connectivity index (χ0v) is 18.4. The zero-order chi connectivity index (χ0) is 21.8. The average Bonchev–Trinajstić information content (AvgIpc) is 3.42. The molecule has 0 fully saturated rings. The van der Waals surface area contributed by atoms with Crippen molar-refractivity contribution < 1.29 is 19.0 Å². The number of ether oxygens (including phenoxy) is 3. The summed E-state index contributed by atoms with van der Waals surface area (Å²) in [6.07, 6.45) is 0. The van der Waals surface area contributed by atoms with E-state index < -0.39 is 0 Å². The Morgan fingerprint density at radius 2 is 1.94 bits per heavy atom. The Balaban J connectivity index is 1.64. The van der Waals surface area contributed by atoms with Crippen LogP contribution in [0.4, 0.5) is 5.69 Å². The molecule has 31 heavy (non-hydrogen) atoms. The van der Waals surface area contributed by atoms with E-state index in [-0.39, 0.29) is 5.91 Å². The lowest BCUT2D eigenvalue weighted by Crippen LogP contribution is -2.13. The summed E-state index contributed by atoms with van der Waals surface area (Å²) in [5.41, 5.74) is 2.93. The van der Waals surface area contributed by atoms with E-state index in [2.05, 4.69) is 33.1 Å². The standard InChI is InChI=1S/C23H23N3O4S/c1-28-11-10-26-19-7-5-4-6-15(19)12-20(26)23-25-18(14-31-23)22(27)24-17-13-16(29-2)8-9-21(17)30-3/h4-9,12-14H,10-11H2,1-3H3,(H,24,27). The summed E-state index contributed by atoms with van der Waals surface area (Å²) in [6.45, 7) is 1.28. The van der Waals surface area contributed by atoms with Gasteiger partial charge in [-0.1, -0.05) is 18.2 Å². The maximum absolute atomic E-state index is 12.9. The first kappa shape index (κ1) is 20.9. The van der Waals surface area contributed by atoms with Crippen molar-refractivity contribution in [1.82, 2.24) is 9.55 Å². The van der Waals surface area contributed by atoms with Crippen molar-refractivity contribution in [2.24, 2.45) is 0 Å². The third-order valence-corrected chi connectivity index (χ3v) is 5.81. The van der Waals surface area contributed by atoms with E-state index in [4.69, 9.17) is 14.2 Å². The molecule has 0 aliphatic rings. The molecule has 0 saturated carbocycles. The summed E-state index contributed by atoms with van der Waals surface area (Å²) < 4.78 is 18.0. The third-order valence-electron chi connectivity index (χ3n) is 4.94. The van der Waals surface area contributed by atoms with Crippen LogP contribution in [0.1, 0.15) is 10.5 Å². The first-order valence-electron chi connectivity index (χ1n) is 9.71. The molecule has 0 aliphatic heterocycles. The Labute approximate surface area is 184 Å². The number of fused-ring (bicyclic) bond motifs is 1. The van der Waals surface area contributed by atoms with Gasteiger partial charge in [0.2, 0.25) is 0 Å². The number of nitrogens with one attached hydrogen (secondary N) is 1. The van der Waals surface area contributed by atoms with E-state index in [1.807, 2.05) is 12.1 Å². The minimum atomic E-state index is -0.311. The quantitative estimate of drug-likeness (QED) is 0.433. The summed E-state index contributed by atoms with van der Waals surface area (Å²) in [5.74, 6) is 0.857. The summed E-state index contributed by atoms with van der Waals surface area (Å²) >= 11 is 1.43. The molecule has 160 valence electrons. The monoisotopic (exact) mass is 437 g/mol. The molecule has 0 atom stereocenters. The number of amides is 1. The van der Waals surface area contributed by atoms with Gasteiger partial charge in [-0.2, -0.15) is 0 Å². The molecule has 1 N–H and O–H groups in total. The highest BCUT2D eigenvalue weighted by Gasteiger charge is 2.18. The number of carbonyl (C=O) groups is 1. The van der Waals surface area contributed by atoms with Crippen molar-refractivity contribution in [3.63, 3.8) is 0 Å². The maximum atomic E-state index is 12.9. The Morgan fingerprint density at radius 1 is 1.10 bits per heavy atom. The van der Waals surface area contributed by atoms with Gasteiger partial charge in [-0.25, -0.2) is 4.98 Å². The van der Waals surface area contributed by atoms with E-state index in [1.165, 1.54) is 11.3 Å². The predicted molar refractivity (Wildman–Crippen MR) is 122 cm³/mol. The fourth-order valence-electron chi connectivity index (χ4n) is 3.40. The van der Waals surface area contributed by atoms with Crippen LogP contribution in [0.5, 0.6) is 11.5 Å². The highest BCUT2D eigenvalue weighted by molar-refractivity contribution is 7.13. The third kappa shape index (κ3) is 4.26. The van der Waals surface area contributed by atoms with Gasteiger partial charge in [-0.15, -0.1) is 11.3 Å². The molecule has 4 rings (SSSR count). The smallest absolute Gasteiger partial charge is 0.275 e. The number of thiazole rings is 1. The van der Waals surface area contributed by atoms with Crippen molar-refractivity contribution in [1.29, 1.82) is 0 Å². The van der Waals surface area contributed by atoms with Gasteiger partial charge in [0.15, 0.2) is 0 Å². The number of anilines is 1. The summed E-state index contributed by atoms with van der Waals surface area (Å²) in [4.78, 5) is 17.5. The Morgan fingerprint density at radius 3 is 2.71 bits per heavy atom. The fraction of sp³-hybridized carbons (Fsp3) is 0.217. The average molecular weight is 438 g/mol. The number of methoxy groups -OCH3 is 3. The second-order valence-corrected chi connectivity index (χ2v) is 7.65. The SMILES string of the molecule is COCCn1c(-c2nc(C(=O)Nc3cc(OC)ccc3OC)cs2)cc2ccccc21. The van der Waals surface area contributed by atoms with Crippen LogP contribution < -0.4 is 14.8 Å². The fourth-order valence-corrected chi connectivity index (χ4v) is 4.23. The zero-order valence-electron chi connectivity index (χ0n) is 17.5. The van der Waals surface area contributed by atoms with Crippen molar-refractivity contribution in [2.75, 3.05) is 33.3 Å². The van der Waals surface area contributed by atoms with E-state index in [9.17, 15) is 4.79 Å². The number of rotatable bonds is 8. The Kier molecular flexibility index (Phi) is 6.20. The van der Waals surface area contributed by atoms with E-state index in [0.29, 0.717) is 36.0 Å². The summed E-state index contributed by atoms with van der Waals surface area (Å²) in [5, 5.41) is 6.52. The molecule has 0 unspecified atom stereocenters. The molecule has 2 aromatic heterocycles. The summed E-state index contributed by atoms with van der Waals surface area (Å²) in [6, 6.07) is 15.5. The molecule has 0 spiro atoms. The lowest BCUT2D eigenvalue weighted by molar-refractivity contribution is 0.102. The number of hydrogen-bond donors (Lipinski definition) is 1. The lowest BCUT2D eigenvalue weighted by Gasteiger charge is -2.11. The van der Waals surface area contributed by atoms with Crippen LogP contribution in [0.2, 0.25) is 0 Å². The number of aromatic nitrogens is 2. The molecule has 0 aliphatic carbocycles. The van der Waals surface area contributed by atoms with Gasteiger partial charge in [0.05, 0.1) is 32.2 Å². The maximum Gasteiger partial charge on any atom is 0.275 e. The van der Waals surface area contributed by atoms with Gasteiger partial charge in [0.25, 0.3) is 5.91 Å². The van der Waals surface area contributed by atoms with Crippen LogP contribution in [0.3, 0.4) is 0 Å². The number of carbonyl (C=O) groups excluding carboxylic acids is 1. The molecule has 4 aromatic rings. The minimum Gasteiger partial charge on any atom is -0.497 e. The van der Waals surface area contributed by atoms with Crippen molar-refractivity contribution in [2.45, 2.75) is 6.54 Å². The Hall–Kier alpha value is -3.36. The van der Waals surface area contributed by atoms with Crippen LogP contribution in [0.25, 0.3) is 21.6 Å². The van der Waals surface area contributed by atoms with Gasteiger partial charge in [-0.3, -0.25) is 4.79 Å². The second kappa shape index (κ2) is 9.20. The topological polar surface area (TPSA) is 74.6 Å². The highest BCUT2D eigenvalue weighted by Crippen LogP contribution is 2.32. The molecule has 7 nitrogen and oxygen atoms in total. The number of hydrogen-bond acceptors (Lipinski definition) is 6. The second-order valence-electron chi connectivity index (χ2n) is 6.79. The molecule has 2 heterocycles. The number of nitrogens with zero attached hydrogens (tertiary/aromatic N) is 2. The highest BCUT2D eigenvalue weighted by atomic mass is 32.1. The van der Waals surface area contributed by atoms with Crippen LogP contribution >= 0.6 is 11.3 Å². The van der Waals surface area contributed by atoms with Crippen LogP contribution in [0, 0.1) is 0 Å². The number of benzene rings is 2. The van der Waals surface area contributed by atoms with Gasteiger partial charge in [-0.05, 0) is 24.3 Å². The normalized spacial score (nSPS) is 10.9. The molecular weight excluding hydrogens is 414 g/mol. The first-order chi connectivity index (χ1) is 15.1. The molecule has 0 saturated heterocycles. The first-order valence-corrected chi connectivity index (χ1v) is 10.6. The lowest BCUT2D eigenvalue weighted by atomic mass is 10.2. The van der Waals surface area contributed by atoms with Crippen LogP contribution in [-0.2, 0) is 11.3 Å². The van der Waals surface area contributed by atoms with E-state index in [1.54, 1.807) is 44.9 Å². The molecule has 1 amide bonds. The number of para-hydroxylation sites is 1. The largest absolute Gasteiger partial charge is 0.497 e. The van der Waals surface area contributed by atoms with Crippen molar-refractivity contribution in [3.8, 4) is 22.2 Å². The van der Waals surface area contributed by atoms with Gasteiger partial charge in [0.1, 0.15) is 22.2 Å². The van der Waals surface area contributed by atoms with E-state index in [0.717, 1.165) is 21.6 Å². The molecule has 0 radical (unpaired) electrons. The van der Waals surface area contributed by atoms with Crippen LogP contribution in [0.15, 0.2) is 53.9 Å². The molecular formula is C23H23N3O4S. The predicted octanol–water partition coefficient (Wildman–Crippen LogP) is 4.68. The van der Waals surface area contributed by atoms with Crippen LogP contribution in [-0.4, -0.2) is 43.4 Å². The van der Waals surface area contributed by atoms with Crippen molar-refractivity contribution in [3.05, 3.63) is 59.6 Å². The summed E-state index contributed by atoms with van der Waals surface area (Å²) in [7, 11) is 4.81. The molecule has 2 aromatic carbocycles. The minimum absolute atomic E-state index is 0.311.